The van der Waals surface area contributed by atoms with Gasteiger partial charge in [0, 0.05) is 0 Å². The van der Waals surface area contributed by atoms with E-state index in [0.717, 1.165) is 19.2 Å². The van der Waals surface area contributed by atoms with E-state index in [2.05, 4.69) is 6.58 Å². The van der Waals surface area contributed by atoms with Crippen LogP contribution in [0.15, 0.2) is 12.7 Å². The van der Waals surface area contributed by atoms with Crippen LogP contribution in [0.3, 0.4) is 0 Å². The molecule has 0 aromatic carbocycles. The third kappa shape index (κ3) is 5.80. The predicted octanol–water partition coefficient (Wildman–Crippen LogP) is 2.32. The van der Waals surface area contributed by atoms with Crippen molar-refractivity contribution in [3.05, 3.63) is 12.7 Å². The van der Waals surface area contributed by atoms with Crippen molar-refractivity contribution < 1.29 is 0 Å². The fourth-order valence-corrected chi connectivity index (χ4v) is 0.610. The second-order valence-corrected chi connectivity index (χ2v) is 1.93. The second-order valence-electron chi connectivity index (χ2n) is 1.93. The molecular formula is C7H13B. The van der Waals surface area contributed by atoms with E-state index in [-0.39, 0.29) is 0 Å². The Morgan fingerprint density at radius 2 is 2.00 bits per heavy atom. The Labute approximate surface area is 53.4 Å². The lowest BCUT2D eigenvalue weighted by Crippen LogP contribution is -1.73. The lowest BCUT2D eigenvalue weighted by atomic mass is 9.99. The molecule has 0 aliphatic heterocycles. The normalized spacial score (nSPS) is 9.00. The van der Waals surface area contributed by atoms with E-state index in [1.165, 1.54) is 12.8 Å². The van der Waals surface area contributed by atoms with Gasteiger partial charge in [-0.15, -0.1) is 6.58 Å². The van der Waals surface area contributed by atoms with Gasteiger partial charge in [-0.05, 0) is 12.8 Å². The SMILES string of the molecule is [B]CCCCCC=C. The molecule has 0 nitrogen and oxygen atoms in total. The molecule has 0 atom stereocenters. The van der Waals surface area contributed by atoms with E-state index in [9.17, 15) is 0 Å². The number of hydrogen-bond acceptors (Lipinski definition) is 0. The lowest BCUT2D eigenvalue weighted by Gasteiger charge is -1.91. The summed E-state index contributed by atoms with van der Waals surface area (Å²) in [5.41, 5.74) is 0. The van der Waals surface area contributed by atoms with Crippen molar-refractivity contribution in [1.29, 1.82) is 0 Å². The Morgan fingerprint density at radius 1 is 1.25 bits per heavy atom. The molecule has 44 valence electrons. The van der Waals surface area contributed by atoms with E-state index >= 15 is 0 Å². The molecule has 0 aliphatic rings. The van der Waals surface area contributed by atoms with Crippen LogP contribution in [-0.4, -0.2) is 7.85 Å². The van der Waals surface area contributed by atoms with Crippen molar-refractivity contribution >= 4 is 7.85 Å². The summed E-state index contributed by atoms with van der Waals surface area (Å²) < 4.78 is 0. The summed E-state index contributed by atoms with van der Waals surface area (Å²) in [5.74, 6) is 0. The monoisotopic (exact) mass is 108 g/mol. The van der Waals surface area contributed by atoms with Crippen LogP contribution in [0.25, 0.3) is 0 Å². The van der Waals surface area contributed by atoms with Crippen molar-refractivity contribution in [1.82, 2.24) is 0 Å². The van der Waals surface area contributed by atoms with E-state index < -0.39 is 0 Å². The summed E-state index contributed by atoms with van der Waals surface area (Å²) in [5, 5.41) is 0. The first-order valence-electron chi connectivity index (χ1n) is 3.22. The van der Waals surface area contributed by atoms with E-state index in [0.29, 0.717) is 0 Å². The third-order valence-corrected chi connectivity index (χ3v) is 1.11. The minimum atomic E-state index is 0.830. The molecule has 1 heteroatoms. The topological polar surface area (TPSA) is 0 Å². The summed E-state index contributed by atoms with van der Waals surface area (Å²) in [7, 11) is 5.28. The highest BCUT2D eigenvalue weighted by Gasteiger charge is 1.81. The van der Waals surface area contributed by atoms with Crippen molar-refractivity contribution in [2.24, 2.45) is 0 Å². The molecule has 0 saturated heterocycles. The number of hydrogen-bond donors (Lipinski definition) is 0. The molecule has 0 N–H and O–H groups in total. The molecule has 0 bridgehead atoms. The standard InChI is InChI=1S/C7H13B/c1-2-3-4-5-6-7-8/h2H,1,3-7H2. The van der Waals surface area contributed by atoms with Gasteiger partial charge in [0.05, 0.1) is 7.85 Å². The van der Waals surface area contributed by atoms with Gasteiger partial charge in [0.15, 0.2) is 0 Å². The van der Waals surface area contributed by atoms with E-state index in [4.69, 9.17) is 7.85 Å². The zero-order valence-corrected chi connectivity index (χ0v) is 5.40. The van der Waals surface area contributed by atoms with Crippen LogP contribution in [0.1, 0.15) is 25.7 Å². The Kier molecular flexibility index (Phi) is 6.64. The van der Waals surface area contributed by atoms with Gasteiger partial charge in [0.2, 0.25) is 0 Å². The minimum absolute atomic E-state index is 0.830. The molecule has 0 aromatic heterocycles. The number of rotatable bonds is 5. The molecular weight excluding hydrogens is 94.9 g/mol. The highest BCUT2D eigenvalue weighted by atomic mass is 13.9. The Morgan fingerprint density at radius 3 is 2.50 bits per heavy atom. The largest absolute Gasteiger partial charge is 0.103 e. The first-order valence-corrected chi connectivity index (χ1v) is 3.22. The first kappa shape index (κ1) is 7.80. The van der Waals surface area contributed by atoms with Crippen LogP contribution in [-0.2, 0) is 0 Å². The van der Waals surface area contributed by atoms with Gasteiger partial charge < -0.3 is 0 Å². The highest BCUT2D eigenvalue weighted by molar-refractivity contribution is 6.08. The molecule has 0 rings (SSSR count). The molecule has 0 unspecified atom stereocenters. The minimum Gasteiger partial charge on any atom is -0.103 e. The molecule has 2 radical (unpaired) electrons. The Hall–Kier alpha value is -0.195. The highest BCUT2D eigenvalue weighted by Crippen LogP contribution is 2.00. The summed E-state index contributed by atoms with van der Waals surface area (Å²) >= 11 is 0. The van der Waals surface area contributed by atoms with Gasteiger partial charge in [-0.25, -0.2) is 0 Å². The molecule has 0 heterocycles. The van der Waals surface area contributed by atoms with Crippen LogP contribution in [0, 0.1) is 0 Å². The van der Waals surface area contributed by atoms with Crippen LogP contribution in [0.5, 0.6) is 0 Å². The number of allylic oxidation sites excluding steroid dienone is 1. The van der Waals surface area contributed by atoms with Crippen LogP contribution < -0.4 is 0 Å². The van der Waals surface area contributed by atoms with E-state index in [1.807, 2.05) is 6.08 Å². The predicted molar refractivity (Wildman–Crippen MR) is 39.2 cm³/mol. The van der Waals surface area contributed by atoms with Gasteiger partial charge in [-0.2, -0.15) is 0 Å². The van der Waals surface area contributed by atoms with Crippen LogP contribution in [0.2, 0.25) is 6.32 Å². The zero-order chi connectivity index (χ0) is 6.24. The average molecular weight is 108 g/mol. The summed E-state index contributed by atoms with van der Waals surface area (Å²) in [6.07, 6.45) is 7.59. The lowest BCUT2D eigenvalue weighted by molar-refractivity contribution is 0.729. The molecule has 0 fully saturated rings. The quantitative estimate of drug-likeness (QED) is 0.288. The average Bonchev–Trinajstić information content (AvgIpc) is 1.81. The zero-order valence-electron chi connectivity index (χ0n) is 5.40. The second kappa shape index (κ2) is 6.80. The molecule has 0 amide bonds. The van der Waals surface area contributed by atoms with Gasteiger partial charge in [0.1, 0.15) is 0 Å². The fourth-order valence-electron chi connectivity index (χ4n) is 0.610. The molecule has 8 heavy (non-hydrogen) atoms. The summed E-state index contributed by atoms with van der Waals surface area (Å²) in [6.45, 7) is 3.63. The van der Waals surface area contributed by atoms with Crippen LogP contribution >= 0.6 is 0 Å². The molecule has 0 saturated carbocycles. The maximum Gasteiger partial charge on any atom is 0.0653 e. The van der Waals surface area contributed by atoms with Gasteiger partial charge >= 0.3 is 0 Å². The Balaban J connectivity index is 2.62. The maximum absolute atomic E-state index is 5.28. The molecule has 0 aromatic rings. The number of unbranched alkanes of at least 4 members (excludes halogenated alkanes) is 3. The molecule has 0 spiro atoms. The summed E-state index contributed by atoms with van der Waals surface area (Å²) in [6, 6.07) is 0. The van der Waals surface area contributed by atoms with E-state index in [1.54, 1.807) is 0 Å². The first-order chi connectivity index (χ1) is 3.91. The fraction of sp³-hybridized carbons (Fsp3) is 0.714. The van der Waals surface area contributed by atoms with Gasteiger partial charge in [-0.1, -0.05) is 25.2 Å². The van der Waals surface area contributed by atoms with Gasteiger partial charge in [-0.3, -0.25) is 0 Å². The van der Waals surface area contributed by atoms with Crippen molar-refractivity contribution in [3.8, 4) is 0 Å². The van der Waals surface area contributed by atoms with Crippen LogP contribution in [0.4, 0.5) is 0 Å². The molecule has 0 aliphatic carbocycles. The third-order valence-electron chi connectivity index (χ3n) is 1.11. The maximum atomic E-state index is 5.28. The smallest absolute Gasteiger partial charge is 0.0653 e. The van der Waals surface area contributed by atoms with Gasteiger partial charge in [0.25, 0.3) is 0 Å². The van der Waals surface area contributed by atoms with Crippen molar-refractivity contribution in [3.63, 3.8) is 0 Å². The van der Waals surface area contributed by atoms with Crippen molar-refractivity contribution in [2.75, 3.05) is 0 Å². The summed E-state index contributed by atoms with van der Waals surface area (Å²) in [4.78, 5) is 0. The Bertz CT molecular complexity index is 50.3. The van der Waals surface area contributed by atoms with Crippen molar-refractivity contribution in [2.45, 2.75) is 32.0 Å².